The maximum Gasteiger partial charge on any atom is 0.311 e. The number of Topliss-reactive ketones (excluding diaryl/α,β-unsaturated/α-hetero) is 2. The molecule has 1 aromatic carbocycles. The van der Waals surface area contributed by atoms with Crippen molar-refractivity contribution in [3.8, 4) is 0 Å². The van der Waals surface area contributed by atoms with Gasteiger partial charge in [-0.1, -0.05) is 12.1 Å². The fourth-order valence-corrected chi connectivity index (χ4v) is 3.63. The van der Waals surface area contributed by atoms with Crippen LogP contribution in [-0.2, 0) is 25.7 Å². The molecule has 6 heteroatoms. The summed E-state index contributed by atoms with van der Waals surface area (Å²) in [6.07, 6.45) is 0.405. The number of hydrogen-bond acceptors (Lipinski definition) is 5. The van der Waals surface area contributed by atoms with Crippen molar-refractivity contribution in [1.82, 2.24) is 5.32 Å². The van der Waals surface area contributed by atoms with Crippen LogP contribution in [0.5, 0.6) is 0 Å². The van der Waals surface area contributed by atoms with E-state index < -0.39 is 41.3 Å². The molecule has 1 aromatic rings. The molecular weight excluding hydrogens is 301 g/mol. The predicted octanol–water partition coefficient (Wildman–Crippen LogP) is 1.25. The molecule has 122 valence electrons. The van der Waals surface area contributed by atoms with Gasteiger partial charge in [0.15, 0.2) is 0 Å². The van der Waals surface area contributed by atoms with Crippen LogP contribution in [0, 0.1) is 23.6 Å². The Bertz CT molecular complexity index is 642. The Hall–Kier alpha value is -2.08. The maximum atomic E-state index is 12.9. The summed E-state index contributed by atoms with van der Waals surface area (Å²) in [5, 5.41) is 3.19. The molecule has 2 aliphatic rings. The largest absolute Gasteiger partial charge is 0.466 e. The van der Waals surface area contributed by atoms with Crippen LogP contribution in [0.2, 0.25) is 0 Å². The maximum absolute atomic E-state index is 12.9. The van der Waals surface area contributed by atoms with E-state index in [9.17, 15) is 18.8 Å². The number of benzene rings is 1. The van der Waals surface area contributed by atoms with E-state index in [0.29, 0.717) is 13.0 Å². The van der Waals surface area contributed by atoms with Crippen molar-refractivity contribution in [2.45, 2.75) is 25.9 Å². The standard InChI is InChI=1S/C17H18FNO4/c1-2-23-17(22)13-11-7-12(16(21)15(11)20)14(13)19-8-9-3-5-10(18)6-4-9/h3-6,11-14,19H,2,7-8H2,1H3. The van der Waals surface area contributed by atoms with E-state index in [1.807, 2.05) is 0 Å². The molecule has 4 atom stereocenters. The summed E-state index contributed by atoms with van der Waals surface area (Å²) in [6, 6.07) is 5.59. The second-order valence-corrected chi connectivity index (χ2v) is 5.99. The molecular formula is C17H18FNO4. The van der Waals surface area contributed by atoms with Crippen LogP contribution in [0.3, 0.4) is 0 Å². The molecule has 2 aliphatic carbocycles. The van der Waals surface area contributed by atoms with Gasteiger partial charge in [-0.3, -0.25) is 14.4 Å². The van der Waals surface area contributed by atoms with Crippen molar-refractivity contribution >= 4 is 17.5 Å². The molecule has 2 saturated carbocycles. The number of halogens is 1. The van der Waals surface area contributed by atoms with Gasteiger partial charge in [-0.15, -0.1) is 0 Å². The molecule has 0 heterocycles. The van der Waals surface area contributed by atoms with Crippen LogP contribution in [0.4, 0.5) is 4.39 Å². The zero-order valence-corrected chi connectivity index (χ0v) is 12.8. The fourth-order valence-electron chi connectivity index (χ4n) is 3.63. The van der Waals surface area contributed by atoms with E-state index >= 15 is 0 Å². The second-order valence-electron chi connectivity index (χ2n) is 5.99. The first-order chi connectivity index (χ1) is 11.0. The number of esters is 1. The summed E-state index contributed by atoms with van der Waals surface area (Å²) in [5.74, 6) is -3.26. The summed E-state index contributed by atoms with van der Waals surface area (Å²) in [7, 11) is 0. The SMILES string of the molecule is CCOC(=O)C1C2CC(C(=O)C2=O)C1NCc1ccc(F)cc1. The number of nitrogens with one attached hydrogen (secondary N) is 1. The number of carbonyl (C=O) groups excluding carboxylic acids is 3. The lowest BCUT2D eigenvalue weighted by atomic mass is 9.82. The first kappa shape index (κ1) is 15.8. The third kappa shape index (κ3) is 2.79. The highest BCUT2D eigenvalue weighted by molar-refractivity contribution is 6.42. The monoisotopic (exact) mass is 319 g/mol. The smallest absolute Gasteiger partial charge is 0.311 e. The van der Waals surface area contributed by atoms with E-state index in [-0.39, 0.29) is 12.4 Å². The molecule has 0 amide bonds. The molecule has 23 heavy (non-hydrogen) atoms. The van der Waals surface area contributed by atoms with Crippen molar-refractivity contribution in [3.63, 3.8) is 0 Å². The van der Waals surface area contributed by atoms with Gasteiger partial charge in [0, 0.05) is 24.4 Å². The van der Waals surface area contributed by atoms with Crippen molar-refractivity contribution in [2.75, 3.05) is 6.61 Å². The first-order valence-corrected chi connectivity index (χ1v) is 7.75. The lowest BCUT2D eigenvalue weighted by Gasteiger charge is -2.28. The molecule has 0 saturated heterocycles. The summed E-state index contributed by atoms with van der Waals surface area (Å²) in [4.78, 5) is 36.1. The molecule has 3 rings (SSSR count). The van der Waals surface area contributed by atoms with E-state index in [4.69, 9.17) is 4.74 Å². The Morgan fingerprint density at radius 1 is 1.22 bits per heavy atom. The average molecular weight is 319 g/mol. The van der Waals surface area contributed by atoms with E-state index in [0.717, 1.165) is 5.56 Å². The van der Waals surface area contributed by atoms with Gasteiger partial charge in [0.25, 0.3) is 0 Å². The van der Waals surface area contributed by atoms with Gasteiger partial charge in [0.05, 0.1) is 12.5 Å². The minimum atomic E-state index is -0.620. The van der Waals surface area contributed by atoms with Gasteiger partial charge in [-0.25, -0.2) is 4.39 Å². The van der Waals surface area contributed by atoms with Gasteiger partial charge < -0.3 is 10.1 Å². The number of hydrogen-bond donors (Lipinski definition) is 1. The average Bonchev–Trinajstić information content (AvgIpc) is 3.04. The zero-order chi connectivity index (χ0) is 16.6. The Labute approximate surface area is 133 Å². The molecule has 1 N–H and O–H groups in total. The van der Waals surface area contributed by atoms with Crippen LogP contribution in [0.25, 0.3) is 0 Å². The minimum Gasteiger partial charge on any atom is -0.466 e. The van der Waals surface area contributed by atoms with Crippen LogP contribution in [0.1, 0.15) is 18.9 Å². The number of carbonyl (C=O) groups is 3. The Morgan fingerprint density at radius 3 is 2.52 bits per heavy atom. The Morgan fingerprint density at radius 2 is 1.87 bits per heavy atom. The molecule has 5 nitrogen and oxygen atoms in total. The quantitative estimate of drug-likeness (QED) is 0.653. The lowest BCUT2D eigenvalue weighted by Crippen LogP contribution is -2.50. The van der Waals surface area contributed by atoms with Crippen molar-refractivity contribution in [3.05, 3.63) is 35.6 Å². The summed E-state index contributed by atoms with van der Waals surface area (Å²) < 4.78 is 18.0. The Kier molecular flexibility index (Phi) is 4.26. The summed E-state index contributed by atoms with van der Waals surface area (Å²) in [5.41, 5.74) is 0.843. The molecule has 2 fully saturated rings. The van der Waals surface area contributed by atoms with E-state index in [1.54, 1.807) is 19.1 Å². The van der Waals surface area contributed by atoms with E-state index in [2.05, 4.69) is 5.32 Å². The molecule has 0 aliphatic heterocycles. The van der Waals surface area contributed by atoms with Crippen LogP contribution in [0.15, 0.2) is 24.3 Å². The topological polar surface area (TPSA) is 72.5 Å². The van der Waals surface area contributed by atoms with Crippen molar-refractivity contribution < 1.29 is 23.5 Å². The highest BCUT2D eigenvalue weighted by Gasteiger charge is 2.60. The van der Waals surface area contributed by atoms with Gasteiger partial charge >= 0.3 is 5.97 Å². The van der Waals surface area contributed by atoms with Gasteiger partial charge in [-0.05, 0) is 31.0 Å². The first-order valence-electron chi connectivity index (χ1n) is 7.75. The number of ether oxygens (including phenoxy) is 1. The van der Waals surface area contributed by atoms with Gasteiger partial charge in [-0.2, -0.15) is 0 Å². The molecule has 0 radical (unpaired) electrons. The summed E-state index contributed by atoms with van der Waals surface area (Å²) >= 11 is 0. The molecule has 0 spiro atoms. The highest BCUT2D eigenvalue weighted by atomic mass is 19.1. The Balaban J connectivity index is 1.75. The van der Waals surface area contributed by atoms with Crippen LogP contribution < -0.4 is 5.32 Å². The normalized spacial score (nSPS) is 29.1. The molecule has 2 bridgehead atoms. The highest BCUT2D eigenvalue weighted by Crippen LogP contribution is 2.45. The van der Waals surface area contributed by atoms with Crippen molar-refractivity contribution in [2.24, 2.45) is 17.8 Å². The van der Waals surface area contributed by atoms with Gasteiger partial charge in [0.2, 0.25) is 11.6 Å². The van der Waals surface area contributed by atoms with Gasteiger partial charge in [0.1, 0.15) is 5.82 Å². The van der Waals surface area contributed by atoms with E-state index in [1.165, 1.54) is 12.1 Å². The lowest BCUT2D eigenvalue weighted by molar-refractivity contribution is -0.155. The second kappa shape index (κ2) is 6.20. The van der Waals surface area contributed by atoms with Crippen molar-refractivity contribution in [1.29, 1.82) is 0 Å². The number of fused-ring (bicyclic) bond motifs is 2. The third-order valence-electron chi connectivity index (χ3n) is 4.69. The molecule has 0 aromatic heterocycles. The zero-order valence-electron chi connectivity index (χ0n) is 12.8. The number of rotatable bonds is 5. The number of ketones is 2. The van der Waals surface area contributed by atoms with Crippen LogP contribution >= 0.6 is 0 Å². The third-order valence-corrected chi connectivity index (χ3v) is 4.69. The molecule has 4 unspecified atom stereocenters. The van der Waals surface area contributed by atoms with Crippen LogP contribution in [-0.4, -0.2) is 30.2 Å². The fraction of sp³-hybridized carbons (Fsp3) is 0.471. The minimum absolute atomic E-state index is 0.236. The predicted molar refractivity (Wildman–Crippen MR) is 78.8 cm³/mol. The summed E-state index contributed by atoms with van der Waals surface area (Å²) in [6.45, 7) is 2.34.